The highest BCUT2D eigenvalue weighted by atomic mass is 35.5. The molecule has 0 aliphatic heterocycles. The number of fused-ring (bicyclic) bond motifs is 1. The minimum Gasteiger partial charge on any atom is -0.495 e. The molecule has 2 aromatic rings. The van der Waals surface area contributed by atoms with Gasteiger partial charge in [0.1, 0.15) is 5.75 Å². The average molecular weight is 306 g/mol. The number of nitrogens with one attached hydrogen (secondary N) is 2. The number of hydrogen-bond donors (Lipinski definition) is 2. The predicted molar refractivity (Wildman–Crippen MR) is 81.2 cm³/mol. The van der Waals surface area contributed by atoms with Crippen molar-refractivity contribution in [1.29, 1.82) is 0 Å². The number of aryl methyl sites for hydroxylation is 2. The monoisotopic (exact) mass is 305 g/mol. The molecule has 1 amide bonds. The highest BCUT2D eigenvalue weighted by Gasteiger charge is 2.19. The molecule has 110 valence electrons. The first-order chi connectivity index (χ1) is 10.2. The number of imidazole rings is 1. The number of halogens is 1. The van der Waals surface area contributed by atoms with Crippen LogP contribution in [0.25, 0.3) is 0 Å². The van der Waals surface area contributed by atoms with Gasteiger partial charge in [-0.2, -0.15) is 0 Å². The Balaban J connectivity index is 1.83. The van der Waals surface area contributed by atoms with Crippen molar-refractivity contribution in [3.63, 3.8) is 0 Å². The number of nitrogens with zero attached hydrogens (tertiary/aromatic N) is 1. The Bertz CT molecular complexity index is 658. The van der Waals surface area contributed by atoms with Crippen LogP contribution in [0.5, 0.6) is 5.75 Å². The zero-order valence-electron chi connectivity index (χ0n) is 11.7. The van der Waals surface area contributed by atoms with Gasteiger partial charge in [0.25, 0.3) is 5.91 Å². The van der Waals surface area contributed by atoms with E-state index in [2.05, 4.69) is 15.3 Å². The maximum atomic E-state index is 12.3. The van der Waals surface area contributed by atoms with Crippen LogP contribution in [0.1, 0.15) is 34.8 Å². The van der Waals surface area contributed by atoms with Crippen LogP contribution in [0, 0.1) is 0 Å². The fraction of sp³-hybridized carbons (Fsp3) is 0.333. The van der Waals surface area contributed by atoms with E-state index in [1.807, 2.05) is 0 Å². The summed E-state index contributed by atoms with van der Waals surface area (Å²) in [4.78, 5) is 19.8. The highest BCUT2D eigenvalue weighted by molar-refractivity contribution is 6.31. The Morgan fingerprint density at radius 3 is 2.95 bits per heavy atom. The van der Waals surface area contributed by atoms with Crippen LogP contribution in [-0.4, -0.2) is 23.0 Å². The van der Waals surface area contributed by atoms with Crippen LogP contribution in [0.4, 0.5) is 5.69 Å². The largest absolute Gasteiger partial charge is 0.495 e. The third kappa shape index (κ3) is 2.88. The van der Waals surface area contributed by atoms with Crippen LogP contribution in [0.2, 0.25) is 5.02 Å². The van der Waals surface area contributed by atoms with E-state index in [9.17, 15) is 4.79 Å². The number of H-pyrrole nitrogens is 1. The first-order valence-corrected chi connectivity index (χ1v) is 7.28. The Hall–Kier alpha value is -2.01. The molecule has 0 spiro atoms. The van der Waals surface area contributed by atoms with Gasteiger partial charge in [0.15, 0.2) is 5.82 Å². The summed E-state index contributed by atoms with van der Waals surface area (Å²) in [5.74, 6) is 0.609. The summed E-state index contributed by atoms with van der Waals surface area (Å²) in [6, 6.07) is 5.08. The standard InChI is InChI=1S/C15H16ClN3O2/c1-21-13-7-6-9(16)8-12(13)19-15(20)14-17-10-4-2-3-5-11(10)18-14/h6-8H,2-5H2,1H3,(H,17,18)(H,19,20). The lowest BCUT2D eigenvalue weighted by molar-refractivity contribution is 0.101. The van der Waals surface area contributed by atoms with Crippen LogP contribution < -0.4 is 10.1 Å². The van der Waals surface area contributed by atoms with Gasteiger partial charge >= 0.3 is 0 Å². The number of anilines is 1. The number of methoxy groups -OCH3 is 1. The SMILES string of the molecule is COc1ccc(Cl)cc1NC(=O)c1nc2c([nH]1)CCCC2. The number of rotatable bonds is 3. The summed E-state index contributed by atoms with van der Waals surface area (Å²) < 4.78 is 5.21. The van der Waals surface area contributed by atoms with Gasteiger partial charge in [0.2, 0.25) is 0 Å². The second-order valence-electron chi connectivity index (χ2n) is 5.02. The second kappa shape index (κ2) is 5.77. The molecule has 0 radical (unpaired) electrons. The summed E-state index contributed by atoms with van der Waals surface area (Å²) in [5, 5.41) is 3.32. The Morgan fingerprint density at radius 2 is 2.19 bits per heavy atom. The third-order valence-corrected chi connectivity index (χ3v) is 3.81. The average Bonchev–Trinajstić information content (AvgIpc) is 2.91. The van der Waals surface area contributed by atoms with Gasteiger partial charge in [-0.25, -0.2) is 4.98 Å². The Labute approximate surface area is 127 Å². The number of aromatic amines is 1. The number of carbonyl (C=O) groups excluding carboxylic acids is 1. The molecule has 0 saturated carbocycles. The molecule has 0 unspecified atom stereocenters. The molecule has 1 heterocycles. The quantitative estimate of drug-likeness (QED) is 0.915. The number of amides is 1. The van der Waals surface area contributed by atoms with Crippen molar-refractivity contribution in [2.24, 2.45) is 0 Å². The minimum atomic E-state index is -0.287. The summed E-state index contributed by atoms with van der Waals surface area (Å²) in [6.45, 7) is 0. The fourth-order valence-corrected chi connectivity index (χ4v) is 2.69. The fourth-order valence-electron chi connectivity index (χ4n) is 2.52. The van der Waals surface area contributed by atoms with Crippen molar-refractivity contribution < 1.29 is 9.53 Å². The number of hydrogen-bond acceptors (Lipinski definition) is 3. The van der Waals surface area contributed by atoms with Gasteiger partial charge in [-0.05, 0) is 43.9 Å². The van der Waals surface area contributed by atoms with Crippen molar-refractivity contribution in [1.82, 2.24) is 9.97 Å². The van der Waals surface area contributed by atoms with E-state index in [0.29, 0.717) is 22.3 Å². The first kappa shape index (κ1) is 13.9. The minimum absolute atomic E-state index is 0.287. The molecular formula is C15H16ClN3O2. The lowest BCUT2D eigenvalue weighted by Crippen LogP contribution is -2.14. The van der Waals surface area contributed by atoms with E-state index >= 15 is 0 Å². The maximum Gasteiger partial charge on any atom is 0.291 e. The molecule has 3 rings (SSSR count). The molecular weight excluding hydrogens is 290 g/mol. The van der Waals surface area contributed by atoms with Crippen molar-refractivity contribution in [2.75, 3.05) is 12.4 Å². The molecule has 2 N–H and O–H groups in total. The highest BCUT2D eigenvalue weighted by Crippen LogP contribution is 2.28. The molecule has 1 aliphatic rings. The molecule has 21 heavy (non-hydrogen) atoms. The van der Waals surface area contributed by atoms with Gasteiger partial charge in [-0.15, -0.1) is 0 Å². The van der Waals surface area contributed by atoms with Crippen molar-refractivity contribution in [3.8, 4) is 5.75 Å². The van der Waals surface area contributed by atoms with Gasteiger partial charge < -0.3 is 15.0 Å². The molecule has 5 nitrogen and oxygen atoms in total. The first-order valence-electron chi connectivity index (χ1n) is 6.90. The number of carbonyl (C=O) groups is 1. The van der Waals surface area contributed by atoms with Crippen molar-refractivity contribution in [3.05, 3.63) is 40.4 Å². The van der Waals surface area contributed by atoms with Crippen LogP contribution >= 0.6 is 11.6 Å². The van der Waals surface area contributed by atoms with Gasteiger partial charge in [0, 0.05) is 10.7 Å². The van der Waals surface area contributed by atoms with Crippen LogP contribution in [-0.2, 0) is 12.8 Å². The van der Waals surface area contributed by atoms with E-state index in [4.69, 9.17) is 16.3 Å². The van der Waals surface area contributed by atoms with Crippen molar-refractivity contribution >= 4 is 23.2 Å². The van der Waals surface area contributed by atoms with Crippen LogP contribution in [0.3, 0.4) is 0 Å². The van der Waals surface area contributed by atoms with E-state index in [1.54, 1.807) is 25.3 Å². The van der Waals surface area contributed by atoms with E-state index in [-0.39, 0.29) is 5.91 Å². The van der Waals surface area contributed by atoms with Crippen molar-refractivity contribution in [2.45, 2.75) is 25.7 Å². The Kier molecular flexibility index (Phi) is 3.84. The van der Waals surface area contributed by atoms with E-state index in [1.165, 1.54) is 0 Å². The molecule has 0 fully saturated rings. The van der Waals surface area contributed by atoms with Gasteiger partial charge in [-0.1, -0.05) is 11.6 Å². The molecule has 6 heteroatoms. The maximum absolute atomic E-state index is 12.3. The van der Waals surface area contributed by atoms with Crippen LogP contribution in [0.15, 0.2) is 18.2 Å². The molecule has 0 saturated heterocycles. The number of ether oxygens (including phenoxy) is 1. The molecule has 1 aliphatic carbocycles. The number of benzene rings is 1. The zero-order chi connectivity index (χ0) is 14.8. The molecule has 0 atom stereocenters. The lowest BCUT2D eigenvalue weighted by Gasteiger charge is -2.09. The third-order valence-electron chi connectivity index (χ3n) is 3.58. The zero-order valence-corrected chi connectivity index (χ0v) is 12.5. The Morgan fingerprint density at radius 1 is 1.38 bits per heavy atom. The lowest BCUT2D eigenvalue weighted by atomic mass is 10.0. The topological polar surface area (TPSA) is 67.0 Å². The molecule has 1 aromatic heterocycles. The summed E-state index contributed by atoms with van der Waals surface area (Å²) in [5.41, 5.74) is 2.61. The summed E-state index contributed by atoms with van der Waals surface area (Å²) in [6.07, 6.45) is 4.15. The molecule has 0 bridgehead atoms. The van der Waals surface area contributed by atoms with E-state index < -0.39 is 0 Å². The van der Waals surface area contributed by atoms with Gasteiger partial charge in [-0.3, -0.25) is 4.79 Å². The second-order valence-corrected chi connectivity index (χ2v) is 5.45. The normalized spacial score (nSPS) is 13.6. The van der Waals surface area contributed by atoms with Gasteiger partial charge in [0.05, 0.1) is 18.5 Å². The van der Waals surface area contributed by atoms with E-state index in [0.717, 1.165) is 37.1 Å². The summed E-state index contributed by atoms with van der Waals surface area (Å²) >= 11 is 5.96. The smallest absolute Gasteiger partial charge is 0.291 e. The predicted octanol–water partition coefficient (Wildman–Crippen LogP) is 3.20. The summed E-state index contributed by atoms with van der Waals surface area (Å²) in [7, 11) is 1.55. The molecule has 1 aromatic carbocycles. The number of aromatic nitrogens is 2.